The molecule has 0 saturated carbocycles. The summed E-state index contributed by atoms with van der Waals surface area (Å²) < 4.78 is 17.7. The van der Waals surface area contributed by atoms with Gasteiger partial charge in [0.15, 0.2) is 11.5 Å². The molecule has 0 aliphatic carbocycles. The molecule has 1 heterocycles. The lowest BCUT2D eigenvalue weighted by Gasteiger charge is -2.16. The molecule has 1 N–H and O–H groups in total. The SMILES string of the molecule is CCOc1ccc(-n2cc(C(=O)NCCN(C)C)c3cc(OC)c(OC)cc3c2=O)cc1. The third kappa shape index (κ3) is 4.86. The van der Waals surface area contributed by atoms with Gasteiger partial charge in [-0.15, -0.1) is 0 Å². The number of methoxy groups -OCH3 is 2. The molecular formula is C24H29N3O5. The third-order valence-corrected chi connectivity index (χ3v) is 5.04. The third-order valence-electron chi connectivity index (χ3n) is 5.04. The van der Waals surface area contributed by atoms with Gasteiger partial charge < -0.3 is 24.4 Å². The molecule has 0 spiro atoms. The van der Waals surface area contributed by atoms with Crippen molar-refractivity contribution >= 4 is 16.7 Å². The molecule has 0 unspecified atom stereocenters. The van der Waals surface area contributed by atoms with Crippen molar-refractivity contribution < 1.29 is 19.0 Å². The Kier molecular flexibility index (Phi) is 7.37. The first kappa shape index (κ1) is 23.1. The Labute approximate surface area is 187 Å². The summed E-state index contributed by atoms with van der Waals surface area (Å²) >= 11 is 0. The fraction of sp³-hybridized carbons (Fsp3) is 0.333. The minimum Gasteiger partial charge on any atom is -0.494 e. The highest BCUT2D eigenvalue weighted by atomic mass is 16.5. The number of hydrogen-bond donors (Lipinski definition) is 1. The Bertz CT molecular complexity index is 1150. The highest BCUT2D eigenvalue weighted by Gasteiger charge is 2.19. The quantitative estimate of drug-likeness (QED) is 0.552. The first-order chi connectivity index (χ1) is 15.4. The van der Waals surface area contributed by atoms with E-state index < -0.39 is 0 Å². The van der Waals surface area contributed by atoms with E-state index in [1.807, 2.05) is 25.9 Å². The molecule has 8 nitrogen and oxygen atoms in total. The van der Waals surface area contributed by atoms with Crippen LogP contribution in [0, 0.1) is 0 Å². The molecule has 1 amide bonds. The second-order valence-corrected chi connectivity index (χ2v) is 7.46. The van der Waals surface area contributed by atoms with E-state index in [0.717, 1.165) is 0 Å². The van der Waals surface area contributed by atoms with Crippen LogP contribution in [0.15, 0.2) is 47.4 Å². The molecule has 1 aromatic heterocycles. The van der Waals surface area contributed by atoms with Gasteiger partial charge in [-0.25, -0.2) is 0 Å². The predicted molar refractivity (Wildman–Crippen MR) is 125 cm³/mol. The number of amides is 1. The number of hydrogen-bond acceptors (Lipinski definition) is 6. The number of carbonyl (C=O) groups is 1. The molecule has 170 valence electrons. The van der Waals surface area contributed by atoms with Crippen LogP contribution in [0.1, 0.15) is 17.3 Å². The minimum absolute atomic E-state index is 0.269. The Hall–Kier alpha value is -3.52. The summed E-state index contributed by atoms with van der Waals surface area (Å²) in [5.74, 6) is 1.29. The van der Waals surface area contributed by atoms with Crippen LogP contribution >= 0.6 is 0 Å². The fourth-order valence-electron chi connectivity index (χ4n) is 3.40. The zero-order chi connectivity index (χ0) is 23.3. The molecular weight excluding hydrogens is 410 g/mol. The summed E-state index contributed by atoms with van der Waals surface area (Å²) in [6.45, 7) is 3.63. The largest absolute Gasteiger partial charge is 0.494 e. The van der Waals surface area contributed by atoms with Crippen LogP contribution in [0.4, 0.5) is 0 Å². The monoisotopic (exact) mass is 439 g/mol. The number of aromatic nitrogens is 1. The van der Waals surface area contributed by atoms with E-state index in [1.54, 1.807) is 42.6 Å². The number of nitrogens with zero attached hydrogens (tertiary/aromatic N) is 2. The van der Waals surface area contributed by atoms with Crippen molar-refractivity contribution in [2.24, 2.45) is 0 Å². The van der Waals surface area contributed by atoms with Crippen LogP contribution in [-0.4, -0.2) is 63.4 Å². The van der Waals surface area contributed by atoms with Gasteiger partial charge in [0.25, 0.3) is 11.5 Å². The van der Waals surface area contributed by atoms with Crippen molar-refractivity contribution in [1.29, 1.82) is 0 Å². The van der Waals surface area contributed by atoms with Gasteiger partial charge in [-0.05, 0) is 57.4 Å². The summed E-state index contributed by atoms with van der Waals surface area (Å²) in [5, 5.41) is 3.78. The lowest BCUT2D eigenvalue weighted by Crippen LogP contribution is -2.32. The lowest BCUT2D eigenvalue weighted by molar-refractivity contribution is 0.0952. The topological polar surface area (TPSA) is 82.0 Å². The van der Waals surface area contributed by atoms with Crippen molar-refractivity contribution in [3.63, 3.8) is 0 Å². The van der Waals surface area contributed by atoms with Crippen LogP contribution in [0.25, 0.3) is 16.5 Å². The summed E-state index contributed by atoms with van der Waals surface area (Å²) in [4.78, 5) is 28.5. The molecule has 0 saturated heterocycles. The van der Waals surface area contributed by atoms with Crippen LogP contribution < -0.4 is 25.1 Å². The molecule has 0 fully saturated rings. The Morgan fingerprint density at radius 2 is 1.66 bits per heavy atom. The Balaban J connectivity index is 2.18. The summed E-state index contributed by atoms with van der Waals surface area (Å²) in [5.41, 5.74) is 0.723. The van der Waals surface area contributed by atoms with Crippen molar-refractivity contribution in [2.45, 2.75) is 6.92 Å². The van der Waals surface area contributed by atoms with Gasteiger partial charge in [-0.2, -0.15) is 0 Å². The number of nitrogens with one attached hydrogen (secondary N) is 1. The molecule has 3 aromatic rings. The van der Waals surface area contributed by atoms with E-state index in [-0.39, 0.29) is 11.5 Å². The number of rotatable bonds is 9. The van der Waals surface area contributed by atoms with Crippen LogP contribution in [0.2, 0.25) is 0 Å². The van der Waals surface area contributed by atoms with E-state index in [0.29, 0.717) is 59.0 Å². The maximum absolute atomic E-state index is 13.4. The average Bonchev–Trinajstić information content (AvgIpc) is 2.79. The van der Waals surface area contributed by atoms with Crippen LogP contribution in [-0.2, 0) is 0 Å². The summed E-state index contributed by atoms with van der Waals surface area (Å²) in [7, 11) is 6.89. The number of carbonyl (C=O) groups excluding carboxylic acids is 1. The number of benzene rings is 2. The smallest absolute Gasteiger partial charge is 0.263 e. The second-order valence-electron chi connectivity index (χ2n) is 7.46. The Morgan fingerprint density at radius 3 is 2.22 bits per heavy atom. The van der Waals surface area contributed by atoms with Crippen molar-refractivity contribution in [1.82, 2.24) is 14.8 Å². The normalized spacial score (nSPS) is 10.9. The summed E-state index contributed by atoms with van der Waals surface area (Å²) in [6, 6.07) is 10.4. The molecule has 0 radical (unpaired) electrons. The van der Waals surface area contributed by atoms with E-state index in [1.165, 1.54) is 18.8 Å². The van der Waals surface area contributed by atoms with Crippen molar-refractivity contribution in [2.75, 3.05) is 48.0 Å². The maximum atomic E-state index is 13.4. The molecule has 0 atom stereocenters. The number of likely N-dealkylation sites (N-methyl/N-ethyl adjacent to an activating group) is 1. The van der Waals surface area contributed by atoms with Gasteiger partial charge in [0.1, 0.15) is 5.75 Å². The van der Waals surface area contributed by atoms with Crippen LogP contribution in [0.5, 0.6) is 17.2 Å². The zero-order valence-corrected chi connectivity index (χ0v) is 19.1. The highest BCUT2D eigenvalue weighted by Crippen LogP contribution is 2.32. The molecule has 2 aromatic carbocycles. The standard InChI is InChI=1S/C24H29N3O5/c1-6-32-17-9-7-16(8-10-17)27-15-20(23(28)25-11-12-26(2)3)18-13-21(30-4)22(31-5)14-19(18)24(27)29/h7-10,13-15H,6,11-12H2,1-5H3,(H,25,28). The first-order valence-electron chi connectivity index (χ1n) is 10.4. The minimum atomic E-state index is -0.274. The molecule has 32 heavy (non-hydrogen) atoms. The van der Waals surface area contributed by atoms with E-state index in [9.17, 15) is 9.59 Å². The highest BCUT2D eigenvalue weighted by molar-refractivity contribution is 6.07. The van der Waals surface area contributed by atoms with Gasteiger partial charge in [-0.3, -0.25) is 14.2 Å². The van der Waals surface area contributed by atoms with Gasteiger partial charge in [0, 0.05) is 30.4 Å². The summed E-state index contributed by atoms with van der Waals surface area (Å²) in [6.07, 6.45) is 1.57. The van der Waals surface area contributed by atoms with Gasteiger partial charge in [0.05, 0.1) is 31.8 Å². The molecule has 0 bridgehead atoms. The molecule has 0 aliphatic heterocycles. The maximum Gasteiger partial charge on any atom is 0.263 e. The van der Waals surface area contributed by atoms with Crippen LogP contribution in [0.3, 0.4) is 0 Å². The number of ether oxygens (including phenoxy) is 3. The molecule has 3 rings (SSSR count). The first-order valence-corrected chi connectivity index (χ1v) is 10.4. The molecule has 0 aliphatic rings. The Morgan fingerprint density at radius 1 is 1.03 bits per heavy atom. The van der Waals surface area contributed by atoms with E-state index >= 15 is 0 Å². The lowest BCUT2D eigenvalue weighted by atomic mass is 10.0. The van der Waals surface area contributed by atoms with E-state index in [2.05, 4.69) is 5.32 Å². The number of pyridine rings is 1. The van der Waals surface area contributed by atoms with Gasteiger partial charge in [-0.1, -0.05) is 0 Å². The van der Waals surface area contributed by atoms with Gasteiger partial charge >= 0.3 is 0 Å². The fourth-order valence-corrected chi connectivity index (χ4v) is 3.40. The predicted octanol–water partition coefficient (Wildman–Crippen LogP) is 2.70. The second kappa shape index (κ2) is 10.2. The zero-order valence-electron chi connectivity index (χ0n) is 19.1. The van der Waals surface area contributed by atoms with Gasteiger partial charge in [0.2, 0.25) is 0 Å². The molecule has 8 heteroatoms. The van der Waals surface area contributed by atoms with E-state index in [4.69, 9.17) is 14.2 Å². The van der Waals surface area contributed by atoms with Crippen molar-refractivity contribution in [3.05, 3.63) is 58.5 Å². The average molecular weight is 440 g/mol. The van der Waals surface area contributed by atoms with Crippen molar-refractivity contribution in [3.8, 4) is 22.9 Å². The number of fused-ring (bicyclic) bond motifs is 1.